The highest BCUT2D eigenvalue weighted by Gasteiger charge is 2.36. The fraction of sp³-hybridized carbons (Fsp3) is 0.615. The quantitative estimate of drug-likeness (QED) is 0.535. The Morgan fingerprint density at radius 3 is 2.27 bits per heavy atom. The smallest absolute Gasteiger partial charge is 0.178 e. The molecule has 0 N–H and O–H groups in total. The van der Waals surface area contributed by atoms with Crippen LogP contribution in [0.2, 0.25) is 18.1 Å². The molecule has 0 aliphatic carbocycles. The van der Waals surface area contributed by atoms with E-state index in [0.717, 1.165) is 0 Å². The Morgan fingerprint density at radius 2 is 1.80 bits per heavy atom. The third-order valence-electron chi connectivity index (χ3n) is 3.82. The molecule has 0 aliphatic rings. The molecule has 0 aliphatic heterocycles. The molecule has 1 aromatic rings. The van der Waals surface area contributed by atoms with Crippen LogP contribution in [0, 0.1) is 0 Å². The van der Waals surface area contributed by atoms with Crippen molar-refractivity contribution in [2.75, 3.05) is 0 Å². The van der Waals surface area contributed by atoms with Crippen molar-refractivity contribution in [3.8, 4) is 0 Å². The molecule has 1 nitrogen and oxygen atoms in total. The van der Waals surface area contributed by atoms with E-state index in [1.54, 1.807) is 0 Å². The van der Waals surface area contributed by atoms with Crippen LogP contribution in [0.1, 0.15) is 26.5 Å². The maximum atomic E-state index is 2.49. The van der Waals surface area contributed by atoms with Crippen molar-refractivity contribution < 1.29 is 4.57 Å². The van der Waals surface area contributed by atoms with Gasteiger partial charge in [0, 0.05) is 18.2 Å². The first-order valence-corrected chi connectivity index (χ1v) is 8.88. The summed E-state index contributed by atoms with van der Waals surface area (Å²) in [5.41, 5.74) is 1.46. The lowest BCUT2D eigenvalue weighted by Gasteiger charge is -2.36. The average molecular weight is 222 g/mol. The van der Waals surface area contributed by atoms with Gasteiger partial charge in [0.05, 0.1) is 8.07 Å². The zero-order valence-corrected chi connectivity index (χ0v) is 12.0. The molecule has 0 amide bonds. The summed E-state index contributed by atoms with van der Waals surface area (Å²) >= 11 is 0. The van der Waals surface area contributed by atoms with E-state index in [-0.39, 0.29) is 0 Å². The first-order valence-electron chi connectivity index (χ1n) is 5.67. The summed E-state index contributed by atoms with van der Waals surface area (Å²) in [6.45, 7) is 12.1. The molecule has 0 bridgehead atoms. The van der Waals surface area contributed by atoms with Crippen molar-refractivity contribution in [3.63, 3.8) is 0 Å². The summed E-state index contributed by atoms with van der Waals surface area (Å²) in [5, 5.41) is 0.468. The number of aryl methyl sites for hydroxylation is 1. The molecule has 0 spiro atoms. The predicted molar refractivity (Wildman–Crippen MR) is 68.5 cm³/mol. The normalized spacial score (nSPS) is 12.9. The van der Waals surface area contributed by atoms with Gasteiger partial charge in [-0.05, 0) is 5.04 Å². The molecule has 0 radical (unpaired) electrons. The first kappa shape index (κ1) is 12.4. The molecule has 1 rings (SSSR count). The zero-order valence-electron chi connectivity index (χ0n) is 11.0. The van der Waals surface area contributed by atoms with Gasteiger partial charge < -0.3 is 0 Å². The standard InChI is InChI=1S/C13H24NSi/c1-13(2,3)15(5,6)11-12-9-7-8-10-14(12)4/h7-10H,11H2,1-6H3/q+1. The molecule has 15 heavy (non-hydrogen) atoms. The fourth-order valence-corrected chi connectivity index (χ4v) is 3.26. The Kier molecular flexibility index (Phi) is 3.39. The van der Waals surface area contributed by atoms with E-state index in [2.05, 4.69) is 69.9 Å². The molecule has 2 heteroatoms. The van der Waals surface area contributed by atoms with Crippen LogP contribution in [-0.2, 0) is 13.1 Å². The molecule has 0 unspecified atom stereocenters. The number of hydrogen-bond acceptors (Lipinski definition) is 0. The molecule has 0 saturated carbocycles. The second-order valence-electron chi connectivity index (χ2n) is 6.11. The number of hydrogen-bond donors (Lipinski definition) is 0. The lowest BCUT2D eigenvalue weighted by atomic mass is 10.2. The van der Waals surface area contributed by atoms with Gasteiger partial charge in [0.1, 0.15) is 7.05 Å². The van der Waals surface area contributed by atoms with Gasteiger partial charge in [0.2, 0.25) is 0 Å². The van der Waals surface area contributed by atoms with E-state index in [1.807, 2.05) is 0 Å². The Bertz CT molecular complexity index is 337. The summed E-state index contributed by atoms with van der Waals surface area (Å²) < 4.78 is 2.25. The van der Waals surface area contributed by atoms with Gasteiger partial charge >= 0.3 is 0 Å². The number of rotatable bonds is 2. The van der Waals surface area contributed by atoms with Crippen LogP contribution in [0.4, 0.5) is 0 Å². The molecule has 0 saturated heterocycles. The second kappa shape index (κ2) is 4.09. The van der Waals surface area contributed by atoms with Crippen LogP contribution in [0.5, 0.6) is 0 Å². The lowest BCUT2D eigenvalue weighted by Crippen LogP contribution is -2.45. The highest BCUT2D eigenvalue weighted by Crippen LogP contribution is 2.37. The number of pyridine rings is 1. The molecule has 0 atom stereocenters. The van der Waals surface area contributed by atoms with Gasteiger partial charge in [0.25, 0.3) is 0 Å². The van der Waals surface area contributed by atoms with Crippen LogP contribution in [0.15, 0.2) is 24.4 Å². The van der Waals surface area contributed by atoms with Gasteiger partial charge in [-0.25, -0.2) is 4.57 Å². The highest BCUT2D eigenvalue weighted by molar-refractivity contribution is 6.79. The van der Waals surface area contributed by atoms with E-state index in [9.17, 15) is 0 Å². The maximum Gasteiger partial charge on any atom is 0.178 e. The predicted octanol–water partition coefficient (Wildman–Crippen LogP) is 3.10. The molecule has 0 aromatic carbocycles. The van der Waals surface area contributed by atoms with E-state index < -0.39 is 8.07 Å². The van der Waals surface area contributed by atoms with Crippen LogP contribution in [0.25, 0.3) is 0 Å². The average Bonchev–Trinajstić information content (AvgIpc) is 2.06. The molecular weight excluding hydrogens is 198 g/mol. The minimum Gasteiger partial charge on any atom is -0.205 e. The third kappa shape index (κ3) is 2.91. The van der Waals surface area contributed by atoms with Gasteiger partial charge in [-0.1, -0.05) is 39.9 Å². The second-order valence-corrected chi connectivity index (χ2v) is 11.7. The molecule has 1 heterocycles. The van der Waals surface area contributed by atoms with Crippen LogP contribution in [-0.4, -0.2) is 8.07 Å². The molecular formula is C13H24NSi+. The van der Waals surface area contributed by atoms with Crippen LogP contribution >= 0.6 is 0 Å². The minimum absolute atomic E-state index is 0.468. The van der Waals surface area contributed by atoms with Crippen molar-refractivity contribution in [2.45, 2.75) is 44.9 Å². The molecule has 1 aromatic heterocycles. The summed E-state index contributed by atoms with van der Waals surface area (Å²) in [6, 6.07) is 7.74. The van der Waals surface area contributed by atoms with Gasteiger partial charge in [0.15, 0.2) is 11.9 Å². The summed E-state index contributed by atoms with van der Waals surface area (Å²) in [5.74, 6) is 0. The van der Waals surface area contributed by atoms with E-state index in [4.69, 9.17) is 0 Å². The largest absolute Gasteiger partial charge is 0.205 e. The van der Waals surface area contributed by atoms with Crippen LogP contribution < -0.4 is 4.57 Å². The lowest BCUT2D eigenvalue weighted by molar-refractivity contribution is -0.678. The van der Waals surface area contributed by atoms with Gasteiger partial charge in [-0.2, -0.15) is 0 Å². The van der Waals surface area contributed by atoms with E-state index in [0.29, 0.717) is 5.04 Å². The van der Waals surface area contributed by atoms with E-state index in [1.165, 1.54) is 11.7 Å². The number of aromatic nitrogens is 1. The SMILES string of the molecule is C[n+]1ccccc1C[Si](C)(C)C(C)(C)C. The monoisotopic (exact) mass is 222 g/mol. The number of nitrogens with zero attached hydrogens (tertiary/aromatic N) is 1. The van der Waals surface area contributed by atoms with Crippen molar-refractivity contribution >= 4 is 8.07 Å². The fourth-order valence-electron chi connectivity index (χ4n) is 1.46. The van der Waals surface area contributed by atoms with Crippen molar-refractivity contribution in [2.24, 2.45) is 7.05 Å². The molecule has 0 fully saturated rings. The third-order valence-corrected chi connectivity index (χ3v) is 9.12. The first-order chi connectivity index (χ1) is 6.74. The van der Waals surface area contributed by atoms with Gasteiger partial charge in [-0.3, -0.25) is 0 Å². The van der Waals surface area contributed by atoms with Crippen LogP contribution in [0.3, 0.4) is 0 Å². The van der Waals surface area contributed by atoms with Crippen molar-refractivity contribution in [3.05, 3.63) is 30.1 Å². The van der Waals surface area contributed by atoms with E-state index >= 15 is 0 Å². The maximum absolute atomic E-state index is 2.49. The summed E-state index contributed by atoms with van der Waals surface area (Å²) in [6.07, 6.45) is 2.14. The Labute approximate surface area is 95.2 Å². The zero-order chi connectivity index (χ0) is 11.7. The topological polar surface area (TPSA) is 3.88 Å². The Balaban J connectivity index is 2.92. The highest BCUT2D eigenvalue weighted by atomic mass is 28.3. The van der Waals surface area contributed by atoms with Crippen molar-refractivity contribution in [1.29, 1.82) is 0 Å². The Hall–Kier alpha value is -0.633. The minimum atomic E-state index is -1.20. The van der Waals surface area contributed by atoms with Gasteiger partial charge in [-0.15, -0.1) is 0 Å². The Morgan fingerprint density at radius 1 is 1.20 bits per heavy atom. The summed E-state index contributed by atoms with van der Waals surface area (Å²) in [4.78, 5) is 0. The van der Waals surface area contributed by atoms with Crippen molar-refractivity contribution in [1.82, 2.24) is 0 Å². The molecule has 84 valence electrons. The summed E-state index contributed by atoms with van der Waals surface area (Å²) in [7, 11) is 0.943.